The van der Waals surface area contributed by atoms with E-state index in [4.69, 9.17) is 5.11 Å². The molecule has 19 heavy (non-hydrogen) atoms. The Morgan fingerprint density at radius 1 is 1.26 bits per heavy atom. The highest BCUT2D eigenvalue weighted by molar-refractivity contribution is 7.12. The van der Waals surface area contributed by atoms with E-state index in [-0.39, 0.29) is 13.2 Å². The van der Waals surface area contributed by atoms with E-state index in [9.17, 15) is 5.11 Å². The van der Waals surface area contributed by atoms with Gasteiger partial charge in [0.25, 0.3) is 0 Å². The quantitative estimate of drug-likeness (QED) is 0.808. The monoisotopic (exact) mass is 279 g/mol. The van der Waals surface area contributed by atoms with E-state index < -0.39 is 0 Å². The highest BCUT2D eigenvalue weighted by atomic mass is 32.1. The highest BCUT2D eigenvalue weighted by Gasteiger charge is 2.22. The number of aliphatic hydroxyl groups is 2. The van der Waals surface area contributed by atoms with Crippen LogP contribution in [0, 0.1) is 11.8 Å². The average Bonchev–Trinajstić information content (AvgIpc) is 3.07. The molecule has 2 rings (SSSR count). The van der Waals surface area contributed by atoms with E-state index in [1.54, 1.807) is 11.3 Å². The van der Waals surface area contributed by atoms with Gasteiger partial charge in [-0.15, -0.1) is 11.3 Å². The molecule has 0 unspecified atom stereocenters. The maximum absolute atomic E-state index is 9.21. The van der Waals surface area contributed by atoms with Gasteiger partial charge in [-0.3, -0.25) is 4.90 Å². The summed E-state index contributed by atoms with van der Waals surface area (Å²) in [6, 6.07) is 4.74. The van der Waals surface area contributed by atoms with Crippen LogP contribution in [-0.2, 0) is 6.54 Å². The third kappa shape index (κ3) is 4.32. The lowest BCUT2D eigenvalue weighted by Gasteiger charge is -2.27. The third-order valence-corrected chi connectivity index (χ3v) is 4.52. The SMILES string of the molecule is OCC#Cc1ccc(CN(CCO)C2CCCC2)s1. The first-order chi connectivity index (χ1) is 9.33. The lowest BCUT2D eigenvalue weighted by molar-refractivity contribution is 0.146. The zero-order valence-corrected chi connectivity index (χ0v) is 12.0. The Kier molecular flexibility index (Phi) is 5.87. The van der Waals surface area contributed by atoms with Gasteiger partial charge in [-0.05, 0) is 25.0 Å². The molecule has 0 saturated heterocycles. The Labute approximate surface area is 118 Å². The minimum atomic E-state index is -0.0913. The molecule has 0 spiro atoms. The number of hydrogen-bond donors (Lipinski definition) is 2. The number of nitrogens with zero attached hydrogens (tertiary/aromatic N) is 1. The van der Waals surface area contributed by atoms with Gasteiger partial charge in [-0.1, -0.05) is 24.7 Å². The maximum atomic E-state index is 9.21. The molecule has 1 aliphatic carbocycles. The number of rotatable bonds is 5. The van der Waals surface area contributed by atoms with Crippen LogP contribution in [0.3, 0.4) is 0 Å². The molecular weight excluding hydrogens is 258 g/mol. The molecule has 0 aromatic carbocycles. The van der Waals surface area contributed by atoms with E-state index >= 15 is 0 Å². The molecular formula is C15H21NO2S. The lowest BCUT2D eigenvalue weighted by atomic mass is 10.2. The van der Waals surface area contributed by atoms with E-state index in [2.05, 4.69) is 22.8 Å². The molecule has 1 fully saturated rings. The summed E-state index contributed by atoms with van der Waals surface area (Å²) < 4.78 is 0. The van der Waals surface area contributed by atoms with Crippen molar-refractivity contribution in [2.24, 2.45) is 0 Å². The second-order valence-corrected chi connectivity index (χ2v) is 6.03. The average molecular weight is 279 g/mol. The summed E-state index contributed by atoms with van der Waals surface area (Å²) in [7, 11) is 0. The van der Waals surface area contributed by atoms with Crippen LogP contribution in [0.2, 0.25) is 0 Å². The molecule has 1 aromatic rings. The minimum absolute atomic E-state index is 0.0913. The summed E-state index contributed by atoms with van der Waals surface area (Å²) in [5.74, 6) is 5.61. The Balaban J connectivity index is 1.97. The van der Waals surface area contributed by atoms with Crippen molar-refractivity contribution in [3.63, 3.8) is 0 Å². The largest absolute Gasteiger partial charge is 0.395 e. The van der Waals surface area contributed by atoms with Crippen molar-refractivity contribution in [2.75, 3.05) is 19.8 Å². The summed E-state index contributed by atoms with van der Waals surface area (Å²) in [4.78, 5) is 4.67. The minimum Gasteiger partial charge on any atom is -0.395 e. The van der Waals surface area contributed by atoms with Crippen molar-refractivity contribution < 1.29 is 10.2 Å². The molecule has 2 N–H and O–H groups in total. The van der Waals surface area contributed by atoms with Gasteiger partial charge in [-0.25, -0.2) is 0 Å². The van der Waals surface area contributed by atoms with E-state index in [1.807, 2.05) is 6.07 Å². The maximum Gasteiger partial charge on any atom is 0.104 e. The molecule has 0 bridgehead atoms. The van der Waals surface area contributed by atoms with Crippen LogP contribution in [0.1, 0.15) is 35.4 Å². The van der Waals surface area contributed by atoms with Gasteiger partial charge in [0.05, 0.1) is 11.5 Å². The van der Waals surface area contributed by atoms with Crippen LogP contribution in [-0.4, -0.2) is 40.9 Å². The van der Waals surface area contributed by atoms with Crippen molar-refractivity contribution >= 4 is 11.3 Å². The summed E-state index contributed by atoms with van der Waals surface area (Å²) in [6.07, 6.45) is 5.12. The van der Waals surface area contributed by atoms with Crippen molar-refractivity contribution in [1.29, 1.82) is 0 Å². The van der Waals surface area contributed by atoms with Crippen molar-refractivity contribution in [3.05, 3.63) is 21.9 Å². The van der Waals surface area contributed by atoms with Crippen LogP contribution in [0.25, 0.3) is 0 Å². The van der Waals surface area contributed by atoms with E-state index in [1.165, 1.54) is 30.6 Å². The van der Waals surface area contributed by atoms with Crippen LogP contribution < -0.4 is 0 Å². The number of thiophene rings is 1. The summed E-state index contributed by atoms with van der Waals surface area (Å²) >= 11 is 1.68. The Hall–Kier alpha value is -0.860. The number of hydrogen-bond acceptors (Lipinski definition) is 4. The normalized spacial score (nSPS) is 15.7. The first-order valence-electron chi connectivity index (χ1n) is 6.87. The van der Waals surface area contributed by atoms with Crippen molar-refractivity contribution in [1.82, 2.24) is 4.90 Å². The highest BCUT2D eigenvalue weighted by Crippen LogP contribution is 2.26. The van der Waals surface area contributed by atoms with Gasteiger partial charge in [0.2, 0.25) is 0 Å². The fourth-order valence-corrected chi connectivity index (χ4v) is 3.55. The van der Waals surface area contributed by atoms with Crippen LogP contribution >= 0.6 is 11.3 Å². The standard InChI is InChI=1S/C15H21NO2S/c17-10-3-6-14-7-8-15(19-14)12-16(9-11-18)13-4-1-2-5-13/h7-8,13,17-18H,1-2,4-5,9-12H2. The predicted molar refractivity (Wildman–Crippen MR) is 78.0 cm³/mol. The molecule has 1 aliphatic rings. The van der Waals surface area contributed by atoms with Crippen molar-refractivity contribution in [3.8, 4) is 11.8 Å². The predicted octanol–water partition coefficient (Wildman–Crippen LogP) is 1.83. The van der Waals surface area contributed by atoms with Gasteiger partial charge in [-0.2, -0.15) is 0 Å². The molecule has 0 radical (unpaired) electrons. The van der Waals surface area contributed by atoms with E-state index in [0.717, 1.165) is 18.0 Å². The fourth-order valence-electron chi connectivity index (χ4n) is 2.65. The van der Waals surface area contributed by atoms with Gasteiger partial charge < -0.3 is 10.2 Å². The zero-order valence-electron chi connectivity index (χ0n) is 11.1. The second-order valence-electron chi connectivity index (χ2n) is 4.86. The van der Waals surface area contributed by atoms with Crippen molar-refractivity contribution in [2.45, 2.75) is 38.3 Å². The Bertz CT molecular complexity index is 440. The van der Waals surface area contributed by atoms with Crippen LogP contribution in [0.15, 0.2) is 12.1 Å². The molecule has 4 heteroatoms. The Morgan fingerprint density at radius 3 is 2.74 bits per heavy atom. The summed E-state index contributed by atoms with van der Waals surface area (Å²) in [5.41, 5.74) is 0. The molecule has 0 aliphatic heterocycles. The van der Waals surface area contributed by atoms with Gasteiger partial charge >= 0.3 is 0 Å². The van der Waals surface area contributed by atoms with Gasteiger partial charge in [0, 0.05) is 24.0 Å². The van der Waals surface area contributed by atoms with E-state index in [0.29, 0.717) is 6.04 Å². The molecule has 3 nitrogen and oxygen atoms in total. The van der Waals surface area contributed by atoms with Crippen LogP contribution in [0.5, 0.6) is 0 Å². The molecule has 0 atom stereocenters. The number of aliphatic hydroxyl groups excluding tert-OH is 2. The van der Waals surface area contributed by atoms with Gasteiger partial charge in [0.15, 0.2) is 0 Å². The molecule has 1 heterocycles. The lowest BCUT2D eigenvalue weighted by Crippen LogP contribution is -2.34. The molecule has 0 amide bonds. The third-order valence-electron chi connectivity index (χ3n) is 3.54. The fraction of sp³-hybridized carbons (Fsp3) is 0.600. The first kappa shape index (κ1) is 14.5. The molecule has 1 aromatic heterocycles. The summed E-state index contributed by atoms with van der Waals surface area (Å²) in [5, 5.41) is 17.9. The zero-order chi connectivity index (χ0) is 13.5. The smallest absolute Gasteiger partial charge is 0.104 e. The first-order valence-corrected chi connectivity index (χ1v) is 7.68. The molecule has 1 saturated carbocycles. The van der Waals surface area contributed by atoms with Gasteiger partial charge in [0.1, 0.15) is 6.61 Å². The van der Waals surface area contributed by atoms with Crippen LogP contribution in [0.4, 0.5) is 0 Å². The second kappa shape index (κ2) is 7.66. The topological polar surface area (TPSA) is 43.7 Å². The molecule has 104 valence electrons. The Morgan fingerprint density at radius 2 is 2.05 bits per heavy atom. The summed E-state index contributed by atoms with van der Waals surface area (Å²) in [6.45, 7) is 1.78.